The van der Waals surface area contributed by atoms with E-state index in [0.717, 1.165) is 34.2 Å². The van der Waals surface area contributed by atoms with Crippen LogP contribution in [0.1, 0.15) is 15.8 Å². The van der Waals surface area contributed by atoms with Crippen LogP contribution in [0.4, 0.5) is 0 Å². The summed E-state index contributed by atoms with van der Waals surface area (Å²) in [7, 11) is 0. The second-order valence-corrected chi connectivity index (χ2v) is 8.68. The lowest BCUT2D eigenvalue weighted by atomic mass is 10.1. The van der Waals surface area contributed by atoms with Gasteiger partial charge in [-0.3, -0.25) is 0 Å². The largest absolute Gasteiger partial charge is 0.323 e. The molecule has 0 fully saturated rings. The van der Waals surface area contributed by atoms with Crippen LogP contribution in [0.5, 0.6) is 0 Å². The van der Waals surface area contributed by atoms with Gasteiger partial charge in [-0.25, -0.2) is 4.79 Å². The third kappa shape index (κ3) is 2.66. The highest BCUT2D eigenvalue weighted by Crippen LogP contribution is 2.42. The first-order valence-corrected chi connectivity index (χ1v) is 9.09. The van der Waals surface area contributed by atoms with Crippen molar-refractivity contribution < 1.29 is 0 Å². The summed E-state index contributed by atoms with van der Waals surface area (Å²) in [5, 5.41) is -0.292. The number of fused-ring (bicyclic) bond motifs is 1. The normalized spacial score (nSPS) is 13.0. The van der Waals surface area contributed by atoms with E-state index in [2.05, 4.69) is 57.8 Å². The van der Waals surface area contributed by atoms with Gasteiger partial charge >= 0.3 is 5.69 Å². The summed E-state index contributed by atoms with van der Waals surface area (Å²) in [5.41, 5.74) is 2.18. The van der Waals surface area contributed by atoms with Crippen molar-refractivity contribution in [1.82, 2.24) is 9.97 Å². The summed E-state index contributed by atoms with van der Waals surface area (Å²) in [4.78, 5) is 17.8. The van der Waals surface area contributed by atoms with E-state index in [1.807, 2.05) is 18.2 Å². The van der Waals surface area contributed by atoms with Crippen molar-refractivity contribution in [3.05, 3.63) is 51.9 Å². The first kappa shape index (κ1) is 14.8. The molecule has 0 bridgehead atoms. The van der Waals surface area contributed by atoms with Crippen LogP contribution in [0.2, 0.25) is 0 Å². The highest BCUT2D eigenvalue weighted by molar-refractivity contribution is 9.13. The highest BCUT2D eigenvalue weighted by Gasteiger charge is 2.19. The number of aromatic nitrogens is 2. The van der Waals surface area contributed by atoms with Crippen LogP contribution >= 0.6 is 70.7 Å². The fourth-order valence-corrected chi connectivity index (χ4v) is 5.08. The molecule has 0 spiro atoms. The topological polar surface area (TPSA) is 48.6 Å². The minimum Gasteiger partial charge on any atom is -0.306 e. The number of aromatic amines is 2. The van der Waals surface area contributed by atoms with Crippen molar-refractivity contribution in [2.45, 2.75) is 5.38 Å². The molecule has 0 saturated carbocycles. The van der Waals surface area contributed by atoms with Crippen LogP contribution in [0.25, 0.3) is 11.0 Å². The SMILES string of the molecule is O=c1[nH]c2cc(Br)c(C(Cl)c3cc(Br)c(Br)s3)cc2[nH]1. The van der Waals surface area contributed by atoms with E-state index in [-0.39, 0.29) is 11.1 Å². The summed E-state index contributed by atoms with van der Waals surface area (Å²) in [5.74, 6) is 0. The maximum absolute atomic E-state index is 11.3. The number of benzene rings is 1. The Bertz CT molecular complexity index is 835. The first-order chi connectivity index (χ1) is 9.45. The van der Waals surface area contributed by atoms with Gasteiger partial charge in [0, 0.05) is 13.8 Å². The van der Waals surface area contributed by atoms with Crippen LogP contribution in [0.3, 0.4) is 0 Å². The van der Waals surface area contributed by atoms with Gasteiger partial charge in [0.05, 0.1) is 20.2 Å². The van der Waals surface area contributed by atoms with Crippen molar-refractivity contribution in [1.29, 1.82) is 0 Å². The lowest BCUT2D eigenvalue weighted by Crippen LogP contribution is -1.99. The van der Waals surface area contributed by atoms with Crippen LogP contribution in [-0.2, 0) is 0 Å². The Morgan fingerprint density at radius 2 is 1.70 bits per heavy atom. The smallest absolute Gasteiger partial charge is 0.306 e. The summed E-state index contributed by atoms with van der Waals surface area (Å²) < 4.78 is 2.85. The molecule has 2 aromatic heterocycles. The second kappa shape index (κ2) is 5.61. The zero-order chi connectivity index (χ0) is 14.4. The van der Waals surface area contributed by atoms with E-state index in [9.17, 15) is 4.79 Å². The fourth-order valence-electron chi connectivity index (χ4n) is 1.91. The molecule has 0 aliphatic heterocycles. The van der Waals surface area contributed by atoms with Gasteiger partial charge in [0.1, 0.15) is 0 Å². The Kier molecular flexibility index (Phi) is 4.16. The van der Waals surface area contributed by atoms with Gasteiger partial charge in [0.25, 0.3) is 0 Å². The number of rotatable bonds is 2. The van der Waals surface area contributed by atoms with Gasteiger partial charge in [0.2, 0.25) is 0 Å². The maximum atomic E-state index is 11.3. The molecule has 0 radical (unpaired) electrons. The Morgan fingerprint density at radius 1 is 1.05 bits per heavy atom. The molecule has 0 aliphatic rings. The first-order valence-electron chi connectivity index (χ1n) is 5.46. The predicted molar refractivity (Wildman–Crippen MR) is 94.0 cm³/mol. The van der Waals surface area contributed by atoms with Gasteiger partial charge in [-0.2, -0.15) is 0 Å². The Labute approximate surface area is 148 Å². The van der Waals surface area contributed by atoms with Crippen LogP contribution in [0.15, 0.2) is 35.7 Å². The second-order valence-electron chi connectivity index (χ2n) is 4.13. The molecule has 104 valence electrons. The van der Waals surface area contributed by atoms with Gasteiger partial charge in [0.15, 0.2) is 0 Å². The quantitative estimate of drug-likeness (QED) is 0.446. The Morgan fingerprint density at radius 3 is 2.30 bits per heavy atom. The minimum absolute atomic E-state index is 0.225. The van der Waals surface area contributed by atoms with E-state index in [0.29, 0.717) is 0 Å². The highest BCUT2D eigenvalue weighted by atomic mass is 79.9. The number of hydrogen-bond donors (Lipinski definition) is 2. The van der Waals surface area contributed by atoms with Crippen LogP contribution in [0, 0.1) is 0 Å². The zero-order valence-corrected chi connectivity index (χ0v) is 16.0. The molecule has 1 aromatic carbocycles. The van der Waals surface area contributed by atoms with Gasteiger partial charge in [-0.15, -0.1) is 22.9 Å². The lowest BCUT2D eigenvalue weighted by molar-refractivity contribution is 1.17. The molecular formula is C12H6Br3ClN2OS. The van der Waals surface area contributed by atoms with Gasteiger partial charge in [-0.05, 0) is 55.6 Å². The fraction of sp³-hybridized carbons (Fsp3) is 0.0833. The van der Waals surface area contributed by atoms with Gasteiger partial charge < -0.3 is 9.97 Å². The third-order valence-corrected chi connectivity index (χ3v) is 7.43. The van der Waals surface area contributed by atoms with E-state index in [1.54, 1.807) is 11.3 Å². The zero-order valence-electron chi connectivity index (χ0n) is 9.64. The van der Waals surface area contributed by atoms with Crippen molar-refractivity contribution in [3.8, 4) is 0 Å². The molecule has 0 amide bonds. The molecule has 8 heteroatoms. The Hall–Kier alpha value is -0.0800. The summed E-state index contributed by atoms with van der Waals surface area (Å²) >= 11 is 18.6. The monoisotopic (exact) mass is 498 g/mol. The number of H-pyrrole nitrogens is 2. The number of nitrogens with one attached hydrogen (secondary N) is 2. The molecule has 2 heterocycles. The van der Waals surface area contributed by atoms with Crippen molar-refractivity contribution >= 4 is 81.8 Å². The average Bonchev–Trinajstić information content (AvgIpc) is 2.90. The van der Waals surface area contributed by atoms with Crippen molar-refractivity contribution in [3.63, 3.8) is 0 Å². The van der Waals surface area contributed by atoms with E-state index in [4.69, 9.17) is 11.6 Å². The molecule has 2 N–H and O–H groups in total. The molecule has 0 aliphatic carbocycles. The third-order valence-electron chi connectivity index (χ3n) is 2.82. The van der Waals surface area contributed by atoms with Crippen LogP contribution in [-0.4, -0.2) is 9.97 Å². The number of halogens is 4. The standard InChI is InChI=1S/C12H6Br3ClN2OS/c13-5-2-8-7(17-12(19)18-8)1-4(5)10(16)9-3-6(14)11(15)20-9/h1-3,10H,(H2,17,18,19). The number of thiophene rings is 1. The molecule has 20 heavy (non-hydrogen) atoms. The Balaban J connectivity index is 2.12. The molecule has 1 atom stereocenters. The van der Waals surface area contributed by atoms with E-state index in [1.165, 1.54) is 0 Å². The van der Waals surface area contributed by atoms with Crippen molar-refractivity contribution in [2.75, 3.05) is 0 Å². The number of alkyl halides is 1. The number of imidazole rings is 1. The minimum atomic E-state index is -0.292. The van der Waals surface area contributed by atoms with E-state index >= 15 is 0 Å². The maximum Gasteiger partial charge on any atom is 0.323 e. The number of hydrogen-bond acceptors (Lipinski definition) is 2. The predicted octanol–water partition coefficient (Wildman–Crippen LogP) is 5.53. The lowest BCUT2D eigenvalue weighted by Gasteiger charge is -2.10. The summed E-state index contributed by atoms with van der Waals surface area (Å²) in [6.45, 7) is 0. The average molecular weight is 501 g/mol. The molecule has 0 saturated heterocycles. The van der Waals surface area contributed by atoms with Crippen LogP contribution < -0.4 is 5.69 Å². The molecule has 3 rings (SSSR count). The summed E-state index contributed by atoms with van der Waals surface area (Å²) in [6.07, 6.45) is 0. The molecule has 3 aromatic rings. The molecule has 3 nitrogen and oxygen atoms in total. The molecule has 1 unspecified atom stereocenters. The van der Waals surface area contributed by atoms with Gasteiger partial charge in [-0.1, -0.05) is 15.9 Å². The van der Waals surface area contributed by atoms with Crippen molar-refractivity contribution in [2.24, 2.45) is 0 Å². The molecular weight excluding hydrogens is 495 g/mol. The van der Waals surface area contributed by atoms with E-state index < -0.39 is 0 Å². The summed E-state index contributed by atoms with van der Waals surface area (Å²) in [6, 6.07) is 5.73.